The Labute approximate surface area is 110 Å². The highest BCUT2D eigenvalue weighted by Crippen LogP contribution is 2.15. The first kappa shape index (κ1) is 14.6. The third-order valence-corrected chi connectivity index (χ3v) is 2.62. The van der Waals surface area contributed by atoms with Crippen LogP contribution in [-0.2, 0) is 4.79 Å². The summed E-state index contributed by atoms with van der Waals surface area (Å²) in [6.07, 6.45) is 0.253. The van der Waals surface area contributed by atoms with Crippen molar-refractivity contribution < 1.29 is 9.53 Å². The number of aryl methyl sites for hydroxylation is 1. The van der Waals surface area contributed by atoms with Crippen molar-refractivity contribution in [2.24, 2.45) is 5.92 Å². The van der Waals surface area contributed by atoms with Gasteiger partial charge in [0, 0.05) is 6.54 Å². The highest BCUT2D eigenvalue weighted by molar-refractivity contribution is 5.81. The Balaban J connectivity index is 2.58. The summed E-state index contributed by atoms with van der Waals surface area (Å²) < 4.78 is 5.73. The Morgan fingerprint density at radius 1 is 1.39 bits per heavy atom. The number of carbonyl (C=O) groups excluding carboxylic acids is 1. The average Bonchev–Trinajstić information content (AvgIpc) is 2.33. The van der Waals surface area contributed by atoms with Crippen LogP contribution in [0, 0.1) is 12.8 Å². The lowest BCUT2D eigenvalue weighted by molar-refractivity contribution is -0.128. The third kappa shape index (κ3) is 4.78. The smallest absolute Gasteiger partial charge is 0.261 e. The van der Waals surface area contributed by atoms with Gasteiger partial charge in [-0.1, -0.05) is 32.9 Å². The van der Waals surface area contributed by atoms with Crippen LogP contribution in [0.5, 0.6) is 5.75 Å². The van der Waals surface area contributed by atoms with Crippen LogP contribution in [0.1, 0.15) is 32.8 Å². The fourth-order valence-corrected chi connectivity index (χ4v) is 1.59. The number of ether oxygens (including phenoxy) is 1. The molecule has 1 atom stereocenters. The van der Waals surface area contributed by atoms with Crippen molar-refractivity contribution in [3.05, 3.63) is 29.8 Å². The third-order valence-electron chi connectivity index (χ3n) is 2.62. The van der Waals surface area contributed by atoms with Crippen LogP contribution in [0.15, 0.2) is 24.3 Å². The van der Waals surface area contributed by atoms with Gasteiger partial charge in [0.1, 0.15) is 5.75 Å². The summed E-state index contributed by atoms with van der Waals surface area (Å²) in [6, 6.07) is 7.76. The highest BCUT2D eigenvalue weighted by atomic mass is 16.5. The van der Waals surface area contributed by atoms with E-state index in [2.05, 4.69) is 19.2 Å². The molecular formula is C15H23NO2. The number of rotatable bonds is 6. The molecule has 0 saturated heterocycles. The Hall–Kier alpha value is -1.51. The van der Waals surface area contributed by atoms with Gasteiger partial charge in [-0.3, -0.25) is 4.79 Å². The van der Waals surface area contributed by atoms with Gasteiger partial charge in [0.05, 0.1) is 0 Å². The molecule has 1 aromatic carbocycles. The zero-order chi connectivity index (χ0) is 13.5. The average molecular weight is 249 g/mol. The zero-order valence-corrected chi connectivity index (χ0v) is 11.7. The minimum Gasteiger partial charge on any atom is -0.481 e. The molecule has 0 bridgehead atoms. The van der Waals surface area contributed by atoms with E-state index in [4.69, 9.17) is 4.74 Å². The molecule has 3 heteroatoms. The lowest BCUT2D eigenvalue weighted by Crippen LogP contribution is -2.39. The summed E-state index contributed by atoms with van der Waals surface area (Å²) in [5.74, 6) is 1.17. The Morgan fingerprint density at radius 3 is 2.67 bits per heavy atom. The SMILES string of the molecule is CC[C@@H](Oc1cccc(C)c1)C(=O)NCC(C)C. The molecule has 1 aromatic rings. The Morgan fingerprint density at radius 2 is 2.11 bits per heavy atom. The monoisotopic (exact) mass is 249 g/mol. The van der Waals surface area contributed by atoms with Gasteiger partial charge >= 0.3 is 0 Å². The molecule has 1 N–H and O–H groups in total. The summed E-state index contributed by atoms with van der Waals surface area (Å²) in [5.41, 5.74) is 1.13. The number of benzene rings is 1. The Kier molecular flexibility index (Phi) is 5.69. The highest BCUT2D eigenvalue weighted by Gasteiger charge is 2.18. The van der Waals surface area contributed by atoms with Crippen LogP contribution >= 0.6 is 0 Å². The summed E-state index contributed by atoms with van der Waals surface area (Å²) >= 11 is 0. The summed E-state index contributed by atoms with van der Waals surface area (Å²) in [7, 11) is 0. The van der Waals surface area contributed by atoms with Crippen LogP contribution in [0.3, 0.4) is 0 Å². The van der Waals surface area contributed by atoms with Crippen LogP contribution in [0.4, 0.5) is 0 Å². The first-order chi connectivity index (χ1) is 8.52. The first-order valence-electron chi connectivity index (χ1n) is 6.54. The summed E-state index contributed by atoms with van der Waals surface area (Å²) in [6.45, 7) is 8.79. The van der Waals surface area contributed by atoms with Crippen LogP contribution in [-0.4, -0.2) is 18.6 Å². The van der Waals surface area contributed by atoms with Gasteiger partial charge in [-0.2, -0.15) is 0 Å². The number of hydrogen-bond donors (Lipinski definition) is 1. The standard InChI is InChI=1S/C15H23NO2/c1-5-14(15(17)16-10-11(2)3)18-13-8-6-7-12(4)9-13/h6-9,11,14H,5,10H2,1-4H3,(H,16,17)/t14-/m1/s1. The van der Waals surface area contributed by atoms with Crippen molar-refractivity contribution in [3.63, 3.8) is 0 Å². The molecule has 100 valence electrons. The predicted octanol–water partition coefficient (Wildman–Crippen LogP) is 2.92. The van der Waals surface area contributed by atoms with Crippen LogP contribution in [0.25, 0.3) is 0 Å². The Bertz CT molecular complexity index is 388. The fraction of sp³-hybridized carbons (Fsp3) is 0.533. The number of hydrogen-bond acceptors (Lipinski definition) is 2. The van der Waals surface area contributed by atoms with E-state index in [1.807, 2.05) is 38.1 Å². The molecule has 0 fully saturated rings. The maximum absolute atomic E-state index is 11.9. The molecule has 0 aromatic heterocycles. The van der Waals surface area contributed by atoms with Crippen LogP contribution < -0.4 is 10.1 Å². The maximum Gasteiger partial charge on any atom is 0.261 e. The van der Waals surface area contributed by atoms with Gasteiger partial charge in [0.2, 0.25) is 0 Å². The van der Waals surface area contributed by atoms with Gasteiger partial charge < -0.3 is 10.1 Å². The molecule has 1 rings (SSSR count). The molecule has 0 aliphatic heterocycles. The molecule has 3 nitrogen and oxygen atoms in total. The van der Waals surface area contributed by atoms with Crippen molar-refractivity contribution >= 4 is 5.91 Å². The lowest BCUT2D eigenvalue weighted by Gasteiger charge is -2.18. The second kappa shape index (κ2) is 7.04. The van der Waals surface area contributed by atoms with Crippen molar-refractivity contribution in [2.45, 2.75) is 40.2 Å². The topological polar surface area (TPSA) is 38.3 Å². The molecule has 0 heterocycles. The molecular weight excluding hydrogens is 226 g/mol. The van der Waals surface area contributed by atoms with E-state index >= 15 is 0 Å². The first-order valence-corrected chi connectivity index (χ1v) is 6.54. The molecule has 1 amide bonds. The van der Waals surface area contributed by atoms with E-state index < -0.39 is 6.10 Å². The number of amides is 1. The van der Waals surface area contributed by atoms with Gasteiger partial charge in [-0.05, 0) is 37.0 Å². The van der Waals surface area contributed by atoms with Crippen molar-refractivity contribution in [1.82, 2.24) is 5.32 Å². The van der Waals surface area contributed by atoms with Gasteiger partial charge in [-0.25, -0.2) is 0 Å². The zero-order valence-electron chi connectivity index (χ0n) is 11.7. The number of carbonyl (C=O) groups is 1. The van der Waals surface area contributed by atoms with Crippen molar-refractivity contribution in [1.29, 1.82) is 0 Å². The predicted molar refractivity (Wildman–Crippen MR) is 73.7 cm³/mol. The number of nitrogens with one attached hydrogen (secondary N) is 1. The summed E-state index contributed by atoms with van der Waals surface area (Å²) in [4.78, 5) is 11.9. The molecule has 0 saturated carbocycles. The van der Waals surface area contributed by atoms with Gasteiger partial charge in [0.15, 0.2) is 6.10 Å². The van der Waals surface area contributed by atoms with E-state index in [-0.39, 0.29) is 5.91 Å². The normalized spacial score (nSPS) is 12.3. The van der Waals surface area contributed by atoms with E-state index in [0.29, 0.717) is 18.9 Å². The van der Waals surface area contributed by atoms with Crippen LogP contribution in [0.2, 0.25) is 0 Å². The molecule has 0 unspecified atom stereocenters. The quantitative estimate of drug-likeness (QED) is 0.841. The fourth-order valence-electron chi connectivity index (χ4n) is 1.59. The van der Waals surface area contributed by atoms with E-state index in [1.54, 1.807) is 0 Å². The van der Waals surface area contributed by atoms with Crippen molar-refractivity contribution in [2.75, 3.05) is 6.54 Å². The molecule has 0 aliphatic carbocycles. The molecule has 0 spiro atoms. The molecule has 0 radical (unpaired) electrons. The largest absolute Gasteiger partial charge is 0.481 e. The van der Waals surface area contributed by atoms with Gasteiger partial charge in [-0.15, -0.1) is 0 Å². The van der Waals surface area contributed by atoms with Crippen molar-refractivity contribution in [3.8, 4) is 5.75 Å². The molecule has 18 heavy (non-hydrogen) atoms. The second-order valence-electron chi connectivity index (χ2n) is 4.97. The minimum atomic E-state index is -0.412. The van der Waals surface area contributed by atoms with E-state index in [1.165, 1.54) is 0 Å². The lowest BCUT2D eigenvalue weighted by atomic mass is 10.2. The van der Waals surface area contributed by atoms with E-state index in [9.17, 15) is 4.79 Å². The molecule has 0 aliphatic rings. The second-order valence-corrected chi connectivity index (χ2v) is 4.97. The van der Waals surface area contributed by atoms with E-state index in [0.717, 1.165) is 11.3 Å². The maximum atomic E-state index is 11.9. The van der Waals surface area contributed by atoms with Gasteiger partial charge in [0.25, 0.3) is 5.91 Å². The minimum absolute atomic E-state index is 0.0345. The summed E-state index contributed by atoms with van der Waals surface area (Å²) in [5, 5.41) is 2.90.